The number of amides is 1. The van der Waals surface area contributed by atoms with Crippen LogP contribution in [0.4, 0.5) is 0 Å². The second-order valence-corrected chi connectivity index (χ2v) is 10.3. The first-order valence-electron chi connectivity index (χ1n) is 8.70. The molecule has 4 unspecified atom stereocenters. The lowest BCUT2D eigenvalue weighted by Gasteiger charge is -2.37. The van der Waals surface area contributed by atoms with Crippen molar-refractivity contribution in [1.29, 1.82) is 0 Å². The summed E-state index contributed by atoms with van der Waals surface area (Å²) in [6.45, 7) is 8.58. The molecule has 0 aromatic rings. The number of hydrogen-bond donors (Lipinski definition) is 0. The molecular weight excluding hydrogens is 298 g/mol. The Balaban J connectivity index is 1.89. The van der Waals surface area contributed by atoms with Crippen molar-refractivity contribution in [2.45, 2.75) is 72.3 Å². The molecule has 2 bridgehead atoms. The Morgan fingerprint density at radius 1 is 1.36 bits per heavy atom. The van der Waals surface area contributed by atoms with Gasteiger partial charge >= 0.3 is 0 Å². The van der Waals surface area contributed by atoms with Crippen LogP contribution in [-0.4, -0.2) is 30.4 Å². The lowest BCUT2D eigenvalue weighted by Crippen LogP contribution is -2.44. The summed E-state index contributed by atoms with van der Waals surface area (Å²) >= 11 is 0. The summed E-state index contributed by atoms with van der Waals surface area (Å²) in [5, 5.41) is 0. The van der Waals surface area contributed by atoms with Crippen LogP contribution in [0.3, 0.4) is 0 Å². The van der Waals surface area contributed by atoms with Gasteiger partial charge < -0.3 is 0 Å². The van der Waals surface area contributed by atoms with Gasteiger partial charge in [0.05, 0.1) is 11.8 Å². The summed E-state index contributed by atoms with van der Waals surface area (Å²) in [5.74, 6) is 0.848. The highest BCUT2D eigenvalue weighted by atomic mass is 32.2. The fourth-order valence-corrected chi connectivity index (χ4v) is 8.16. The smallest absolute Gasteiger partial charge is 0.238 e. The molecule has 1 saturated heterocycles. The van der Waals surface area contributed by atoms with Crippen molar-refractivity contribution >= 4 is 15.9 Å². The molecule has 4 atom stereocenters. The third-order valence-electron chi connectivity index (χ3n) is 6.96. The maximum Gasteiger partial charge on any atom is 0.238 e. The first-order chi connectivity index (χ1) is 10.2. The zero-order valence-corrected chi connectivity index (χ0v) is 15.1. The van der Waals surface area contributed by atoms with Gasteiger partial charge in [-0.3, -0.25) is 4.79 Å². The van der Waals surface area contributed by atoms with Crippen LogP contribution in [0, 0.1) is 22.7 Å². The fourth-order valence-electron chi connectivity index (χ4n) is 5.60. The quantitative estimate of drug-likeness (QED) is 0.797. The van der Waals surface area contributed by atoms with E-state index in [1.807, 2.05) is 6.92 Å². The number of carbonyl (C=O) groups is 1. The Morgan fingerprint density at radius 3 is 2.64 bits per heavy atom. The monoisotopic (exact) mass is 327 g/mol. The highest BCUT2D eigenvalue weighted by Gasteiger charge is 2.72. The van der Waals surface area contributed by atoms with Crippen LogP contribution in [-0.2, 0) is 14.8 Å². The summed E-state index contributed by atoms with van der Waals surface area (Å²) < 4.78 is 26.8. The summed E-state index contributed by atoms with van der Waals surface area (Å²) in [4.78, 5) is 12.7. The van der Waals surface area contributed by atoms with Gasteiger partial charge in [-0.25, -0.2) is 12.7 Å². The molecule has 22 heavy (non-hydrogen) atoms. The summed E-state index contributed by atoms with van der Waals surface area (Å²) in [5.41, 5.74) is -0.158. The third kappa shape index (κ3) is 2.00. The van der Waals surface area contributed by atoms with Gasteiger partial charge in [-0.2, -0.15) is 0 Å². The second-order valence-electron chi connectivity index (χ2n) is 8.41. The molecule has 3 aliphatic rings. The minimum atomic E-state index is -3.44. The van der Waals surface area contributed by atoms with Crippen molar-refractivity contribution in [2.75, 3.05) is 5.75 Å². The van der Waals surface area contributed by atoms with E-state index in [-0.39, 0.29) is 34.4 Å². The first kappa shape index (κ1) is 16.3. The van der Waals surface area contributed by atoms with Crippen LogP contribution in [0.2, 0.25) is 0 Å². The largest absolute Gasteiger partial charge is 0.274 e. The van der Waals surface area contributed by atoms with Gasteiger partial charge in [0.1, 0.15) is 0 Å². The molecule has 0 aromatic heterocycles. The summed E-state index contributed by atoms with van der Waals surface area (Å²) in [7, 11) is -3.44. The van der Waals surface area contributed by atoms with Gasteiger partial charge in [0.25, 0.3) is 0 Å². The Morgan fingerprint density at radius 2 is 2.05 bits per heavy atom. The van der Waals surface area contributed by atoms with Gasteiger partial charge in [0, 0.05) is 11.8 Å². The molecule has 126 valence electrons. The average Bonchev–Trinajstić information content (AvgIpc) is 2.85. The number of rotatable bonds is 4. The zero-order chi connectivity index (χ0) is 16.3. The third-order valence-corrected chi connectivity index (χ3v) is 8.90. The van der Waals surface area contributed by atoms with E-state index in [1.165, 1.54) is 4.31 Å². The average molecular weight is 327 g/mol. The lowest BCUT2D eigenvalue weighted by atomic mass is 9.69. The van der Waals surface area contributed by atoms with Crippen molar-refractivity contribution in [2.24, 2.45) is 22.7 Å². The van der Waals surface area contributed by atoms with Crippen LogP contribution >= 0.6 is 0 Å². The van der Waals surface area contributed by atoms with E-state index >= 15 is 0 Å². The van der Waals surface area contributed by atoms with Crippen molar-refractivity contribution in [3.8, 4) is 0 Å². The maximum atomic E-state index is 12.7. The van der Waals surface area contributed by atoms with Crippen LogP contribution < -0.4 is 0 Å². The molecule has 1 amide bonds. The molecule has 4 nitrogen and oxygen atoms in total. The SMILES string of the molecule is CCCC(C)CC(=O)N1C2CC3CCC2(CS1(=O)=O)C3(C)C. The molecule has 0 radical (unpaired) electrons. The molecule has 5 heteroatoms. The Kier molecular flexibility index (Phi) is 3.67. The van der Waals surface area contributed by atoms with Gasteiger partial charge in [0.2, 0.25) is 15.9 Å². The Bertz CT molecular complexity index is 583. The summed E-state index contributed by atoms with van der Waals surface area (Å²) in [6, 6.07) is -0.0763. The van der Waals surface area contributed by atoms with Crippen molar-refractivity contribution in [3.05, 3.63) is 0 Å². The van der Waals surface area contributed by atoms with Crippen LogP contribution in [0.15, 0.2) is 0 Å². The molecule has 3 fully saturated rings. The van der Waals surface area contributed by atoms with Gasteiger partial charge in [-0.05, 0) is 36.5 Å². The predicted octanol–water partition coefficient (Wildman–Crippen LogP) is 3.18. The van der Waals surface area contributed by atoms with Gasteiger partial charge in [-0.15, -0.1) is 0 Å². The van der Waals surface area contributed by atoms with E-state index in [9.17, 15) is 13.2 Å². The Labute approximate surface area is 134 Å². The Hall–Kier alpha value is -0.580. The fraction of sp³-hybridized carbons (Fsp3) is 0.941. The molecule has 1 heterocycles. The topological polar surface area (TPSA) is 54.5 Å². The van der Waals surface area contributed by atoms with Crippen LogP contribution in [0.25, 0.3) is 0 Å². The van der Waals surface area contributed by atoms with E-state index in [0.29, 0.717) is 12.3 Å². The van der Waals surface area contributed by atoms with Gasteiger partial charge in [0.15, 0.2) is 0 Å². The molecule has 0 aromatic carbocycles. The minimum Gasteiger partial charge on any atom is -0.274 e. The maximum absolute atomic E-state index is 12.7. The van der Waals surface area contributed by atoms with E-state index in [0.717, 1.165) is 32.1 Å². The molecule has 1 aliphatic heterocycles. The minimum absolute atomic E-state index is 0.0365. The molecule has 2 saturated carbocycles. The second kappa shape index (κ2) is 4.96. The van der Waals surface area contributed by atoms with E-state index < -0.39 is 10.0 Å². The van der Waals surface area contributed by atoms with Crippen molar-refractivity contribution in [1.82, 2.24) is 4.31 Å². The predicted molar refractivity (Wildman–Crippen MR) is 86.7 cm³/mol. The zero-order valence-electron chi connectivity index (χ0n) is 14.3. The number of carbonyl (C=O) groups excluding carboxylic acids is 1. The van der Waals surface area contributed by atoms with E-state index in [2.05, 4.69) is 20.8 Å². The van der Waals surface area contributed by atoms with E-state index in [4.69, 9.17) is 0 Å². The number of sulfonamides is 1. The number of nitrogens with zero attached hydrogens (tertiary/aromatic N) is 1. The standard InChI is InChI=1S/C17H29NO3S/c1-5-6-12(2)9-15(19)18-14-10-13-7-8-17(14,16(13,3)4)11-22(18,20)21/h12-14H,5-11H2,1-4H3. The summed E-state index contributed by atoms with van der Waals surface area (Å²) in [6.07, 6.45) is 5.33. The molecule has 0 N–H and O–H groups in total. The lowest BCUT2D eigenvalue weighted by molar-refractivity contribution is -0.129. The molecule has 2 aliphatic carbocycles. The molecule has 3 rings (SSSR count). The molecule has 1 spiro atoms. The van der Waals surface area contributed by atoms with Crippen molar-refractivity contribution < 1.29 is 13.2 Å². The van der Waals surface area contributed by atoms with E-state index in [1.54, 1.807) is 0 Å². The molecular formula is C17H29NO3S. The van der Waals surface area contributed by atoms with Crippen molar-refractivity contribution in [3.63, 3.8) is 0 Å². The highest BCUT2D eigenvalue weighted by Crippen LogP contribution is 2.70. The number of hydrogen-bond acceptors (Lipinski definition) is 3. The van der Waals surface area contributed by atoms with Crippen LogP contribution in [0.1, 0.15) is 66.2 Å². The first-order valence-corrected chi connectivity index (χ1v) is 10.3. The van der Waals surface area contributed by atoms with Gasteiger partial charge in [-0.1, -0.05) is 40.5 Å². The normalized spacial score (nSPS) is 39.0. The highest BCUT2D eigenvalue weighted by molar-refractivity contribution is 7.90. The number of fused-ring (bicyclic) bond motifs is 1. The van der Waals surface area contributed by atoms with Crippen LogP contribution in [0.5, 0.6) is 0 Å².